The van der Waals surface area contributed by atoms with Crippen molar-refractivity contribution in [1.82, 2.24) is 0 Å². The molecule has 8 unspecified atom stereocenters. The minimum absolute atomic E-state index is 0.508. The van der Waals surface area contributed by atoms with Crippen LogP contribution in [0.2, 0.25) is 0 Å². The molecule has 28 heavy (non-hydrogen) atoms. The van der Waals surface area contributed by atoms with Crippen molar-refractivity contribution in [2.75, 3.05) is 0 Å². The standard InChI is InChI=1S/C27H46S/c1-18(2)19(3)7-6-8-20-10-12-24-23-11-9-21-17-22(28)13-15-27(21,5)25(23)14-16-26(20,24)4/h9,18-20,22-25,28H,6-8,10-17H2,1-5H3. The van der Waals surface area contributed by atoms with Crippen LogP contribution in [-0.4, -0.2) is 5.25 Å². The van der Waals surface area contributed by atoms with Gasteiger partial charge in [0.05, 0.1) is 0 Å². The molecule has 8 atom stereocenters. The zero-order valence-corrected chi connectivity index (χ0v) is 20.2. The summed E-state index contributed by atoms with van der Waals surface area (Å²) in [6.45, 7) is 12.6. The van der Waals surface area contributed by atoms with Crippen molar-refractivity contribution >= 4 is 12.6 Å². The van der Waals surface area contributed by atoms with Crippen LogP contribution in [0.3, 0.4) is 0 Å². The van der Waals surface area contributed by atoms with Gasteiger partial charge in [-0.1, -0.05) is 59.1 Å². The lowest BCUT2D eigenvalue weighted by atomic mass is 9.47. The molecule has 0 amide bonds. The Morgan fingerprint density at radius 3 is 2.57 bits per heavy atom. The van der Waals surface area contributed by atoms with Crippen molar-refractivity contribution in [2.24, 2.45) is 46.3 Å². The second kappa shape index (κ2) is 7.97. The average molecular weight is 403 g/mol. The van der Waals surface area contributed by atoms with Gasteiger partial charge in [-0.2, -0.15) is 12.6 Å². The Morgan fingerprint density at radius 2 is 1.82 bits per heavy atom. The van der Waals surface area contributed by atoms with Gasteiger partial charge in [-0.3, -0.25) is 0 Å². The number of allylic oxidation sites excluding steroid dienone is 2. The Hall–Kier alpha value is 0.0900. The molecule has 4 rings (SSSR count). The molecule has 0 aliphatic heterocycles. The Morgan fingerprint density at radius 1 is 1.04 bits per heavy atom. The molecule has 0 nitrogen and oxygen atoms in total. The van der Waals surface area contributed by atoms with E-state index in [-0.39, 0.29) is 0 Å². The van der Waals surface area contributed by atoms with Gasteiger partial charge < -0.3 is 0 Å². The monoisotopic (exact) mass is 402 g/mol. The molecule has 160 valence electrons. The van der Waals surface area contributed by atoms with E-state index in [4.69, 9.17) is 12.6 Å². The first-order valence-electron chi connectivity index (χ1n) is 12.6. The van der Waals surface area contributed by atoms with Crippen molar-refractivity contribution in [3.63, 3.8) is 0 Å². The molecule has 0 aromatic heterocycles. The zero-order valence-electron chi connectivity index (χ0n) is 19.3. The minimum atomic E-state index is 0.508. The Balaban J connectivity index is 1.45. The summed E-state index contributed by atoms with van der Waals surface area (Å²) in [5.74, 6) is 5.68. The lowest BCUT2D eigenvalue weighted by Gasteiger charge is -2.58. The molecule has 0 spiro atoms. The van der Waals surface area contributed by atoms with Gasteiger partial charge in [-0.05, 0) is 104 Å². The average Bonchev–Trinajstić information content (AvgIpc) is 2.99. The van der Waals surface area contributed by atoms with Crippen molar-refractivity contribution in [2.45, 2.75) is 110 Å². The van der Waals surface area contributed by atoms with Gasteiger partial charge in [0.25, 0.3) is 0 Å². The third-order valence-corrected chi connectivity index (χ3v) is 11.1. The SMILES string of the molecule is CC(C)C(C)CCCC1CCC2C3CC=C4CC(S)CCC4(C)C3CCC12C. The molecule has 0 heterocycles. The molecule has 0 aromatic carbocycles. The molecule has 4 aliphatic carbocycles. The zero-order chi connectivity index (χ0) is 20.1. The maximum atomic E-state index is 4.84. The Kier molecular flexibility index (Phi) is 6.07. The van der Waals surface area contributed by atoms with Gasteiger partial charge in [0.2, 0.25) is 0 Å². The highest BCUT2D eigenvalue weighted by molar-refractivity contribution is 7.80. The van der Waals surface area contributed by atoms with Gasteiger partial charge in [-0.25, -0.2) is 0 Å². The summed E-state index contributed by atoms with van der Waals surface area (Å²) >= 11 is 4.84. The molecular formula is C27H46S. The summed E-state index contributed by atoms with van der Waals surface area (Å²) in [5.41, 5.74) is 2.94. The number of thiol groups is 1. The van der Waals surface area contributed by atoms with Gasteiger partial charge in [0.1, 0.15) is 0 Å². The summed E-state index contributed by atoms with van der Waals surface area (Å²) in [6, 6.07) is 0. The molecule has 0 aromatic rings. The van der Waals surface area contributed by atoms with Crippen LogP contribution in [0.25, 0.3) is 0 Å². The van der Waals surface area contributed by atoms with E-state index in [1.54, 1.807) is 5.57 Å². The lowest BCUT2D eigenvalue weighted by Crippen LogP contribution is -2.50. The minimum Gasteiger partial charge on any atom is -0.176 e. The van der Waals surface area contributed by atoms with E-state index in [0.717, 1.165) is 35.5 Å². The second-order valence-electron chi connectivity index (χ2n) is 12.1. The highest BCUT2D eigenvalue weighted by Gasteiger charge is 2.58. The fourth-order valence-electron chi connectivity index (χ4n) is 8.24. The van der Waals surface area contributed by atoms with Crippen molar-refractivity contribution in [3.8, 4) is 0 Å². The third kappa shape index (κ3) is 3.54. The van der Waals surface area contributed by atoms with Crippen LogP contribution < -0.4 is 0 Å². The third-order valence-electron chi connectivity index (χ3n) is 10.6. The first kappa shape index (κ1) is 21.3. The van der Waals surface area contributed by atoms with Gasteiger partial charge in [0, 0.05) is 5.25 Å². The molecule has 0 saturated heterocycles. The molecule has 0 N–H and O–H groups in total. The van der Waals surface area contributed by atoms with Crippen molar-refractivity contribution in [1.29, 1.82) is 0 Å². The van der Waals surface area contributed by atoms with Crippen molar-refractivity contribution in [3.05, 3.63) is 11.6 Å². The molecule has 3 saturated carbocycles. The summed E-state index contributed by atoms with van der Waals surface area (Å²) in [4.78, 5) is 0. The fourth-order valence-corrected chi connectivity index (χ4v) is 8.57. The van der Waals surface area contributed by atoms with E-state index in [0.29, 0.717) is 16.1 Å². The van der Waals surface area contributed by atoms with E-state index in [1.807, 2.05) is 0 Å². The van der Waals surface area contributed by atoms with Crippen LogP contribution in [0, 0.1) is 46.3 Å². The molecule has 1 heteroatoms. The predicted molar refractivity (Wildman–Crippen MR) is 126 cm³/mol. The summed E-state index contributed by atoms with van der Waals surface area (Å²) in [5, 5.41) is 0.619. The molecular weight excluding hydrogens is 356 g/mol. The number of fused-ring (bicyclic) bond motifs is 5. The molecule has 4 aliphatic rings. The smallest absolute Gasteiger partial charge is 0.00545 e. The van der Waals surface area contributed by atoms with Crippen LogP contribution in [0.15, 0.2) is 11.6 Å². The van der Waals surface area contributed by atoms with Crippen LogP contribution in [0.5, 0.6) is 0 Å². The number of hydrogen-bond donors (Lipinski definition) is 1. The summed E-state index contributed by atoms with van der Waals surface area (Å²) in [6.07, 6.45) is 18.5. The van der Waals surface area contributed by atoms with Gasteiger partial charge in [0.15, 0.2) is 0 Å². The second-order valence-corrected chi connectivity index (χ2v) is 12.9. The number of hydrogen-bond acceptors (Lipinski definition) is 1. The maximum absolute atomic E-state index is 4.84. The van der Waals surface area contributed by atoms with Crippen LogP contribution >= 0.6 is 12.6 Å². The van der Waals surface area contributed by atoms with E-state index in [2.05, 4.69) is 40.7 Å². The first-order chi connectivity index (χ1) is 13.3. The van der Waals surface area contributed by atoms with Crippen molar-refractivity contribution < 1.29 is 0 Å². The topological polar surface area (TPSA) is 0 Å². The highest BCUT2D eigenvalue weighted by Crippen LogP contribution is 2.66. The van der Waals surface area contributed by atoms with Gasteiger partial charge in [-0.15, -0.1) is 0 Å². The van der Waals surface area contributed by atoms with Gasteiger partial charge >= 0.3 is 0 Å². The summed E-state index contributed by atoms with van der Waals surface area (Å²) in [7, 11) is 0. The Bertz CT molecular complexity index is 591. The Labute approximate surface area is 181 Å². The highest BCUT2D eigenvalue weighted by atomic mass is 32.1. The van der Waals surface area contributed by atoms with E-state index < -0.39 is 0 Å². The van der Waals surface area contributed by atoms with Crippen LogP contribution in [0.1, 0.15) is 105 Å². The van der Waals surface area contributed by atoms with E-state index >= 15 is 0 Å². The van der Waals surface area contributed by atoms with Crippen LogP contribution in [0.4, 0.5) is 0 Å². The lowest BCUT2D eigenvalue weighted by molar-refractivity contribution is -0.0423. The molecule has 3 fully saturated rings. The van der Waals surface area contributed by atoms with E-state index in [9.17, 15) is 0 Å². The first-order valence-corrected chi connectivity index (χ1v) is 13.1. The normalized spacial score (nSPS) is 46.5. The fraction of sp³-hybridized carbons (Fsp3) is 0.926. The molecule has 0 bridgehead atoms. The maximum Gasteiger partial charge on any atom is 0.00545 e. The largest absolute Gasteiger partial charge is 0.176 e. The van der Waals surface area contributed by atoms with E-state index in [1.165, 1.54) is 70.6 Å². The predicted octanol–water partition coefficient (Wildman–Crippen LogP) is 8.33. The summed E-state index contributed by atoms with van der Waals surface area (Å²) < 4.78 is 0. The van der Waals surface area contributed by atoms with Crippen LogP contribution in [-0.2, 0) is 0 Å². The molecule has 0 radical (unpaired) electrons. The quantitative estimate of drug-likeness (QED) is 0.347. The number of rotatable bonds is 5.